The van der Waals surface area contributed by atoms with Crippen LogP contribution in [0, 0.1) is 16.6 Å². The number of benzene rings is 1. The van der Waals surface area contributed by atoms with Crippen molar-refractivity contribution in [2.45, 2.75) is 52.1 Å². The molecule has 21 heavy (non-hydrogen) atoms. The normalized spacial score (nSPS) is 33.1. The molecule has 2 nitrogen and oxygen atoms in total. The van der Waals surface area contributed by atoms with Gasteiger partial charge in [0, 0.05) is 24.7 Å². The molecule has 1 aliphatic heterocycles. The molecule has 3 atom stereocenters. The highest BCUT2D eigenvalue weighted by Gasteiger charge is 2.51. The predicted octanol–water partition coefficient (Wildman–Crippen LogP) is 3.73. The molecule has 2 N–H and O–H groups in total. The van der Waals surface area contributed by atoms with E-state index >= 15 is 0 Å². The van der Waals surface area contributed by atoms with Gasteiger partial charge >= 0.3 is 0 Å². The molecule has 1 saturated heterocycles. The van der Waals surface area contributed by atoms with Gasteiger partial charge in [0.15, 0.2) is 0 Å². The third-order valence-electron chi connectivity index (χ3n) is 5.34. The Morgan fingerprint density at radius 2 is 2.00 bits per heavy atom. The van der Waals surface area contributed by atoms with E-state index in [0.717, 1.165) is 12.1 Å². The van der Waals surface area contributed by atoms with Crippen molar-refractivity contribution in [3.8, 4) is 0 Å². The zero-order valence-corrected chi connectivity index (χ0v) is 13.4. The van der Waals surface area contributed by atoms with Crippen molar-refractivity contribution in [2.24, 2.45) is 16.6 Å². The molecule has 0 radical (unpaired) electrons. The summed E-state index contributed by atoms with van der Waals surface area (Å²) in [5.74, 6) is -0.126. The Bertz CT molecular complexity index is 528. The van der Waals surface area contributed by atoms with Crippen LogP contribution in [0.1, 0.15) is 51.6 Å². The van der Waals surface area contributed by atoms with Gasteiger partial charge < -0.3 is 5.73 Å². The van der Waals surface area contributed by atoms with Gasteiger partial charge in [0.1, 0.15) is 5.82 Å². The SMILES string of the molecule is CC1(C)CC2CC(C)(CN2C(CN)c2ccccc2F)C1. The molecule has 0 spiro atoms. The second-order valence-electron chi connectivity index (χ2n) is 8.16. The van der Waals surface area contributed by atoms with Gasteiger partial charge in [-0.3, -0.25) is 4.90 Å². The third kappa shape index (κ3) is 2.74. The van der Waals surface area contributed by atoms with E-state index in [-0.39, 0.29) is 11.9 Å². The van der Waals surface area contributed by atoms with Gasteiger partial charge in [-0.2, -0.15) is 0 Å². The van der Waals surface area contributed by atoms with Crippen molar-refractivity contribution in [3.63, 3.8) is 0 Å². The van der Waals surface area contributed by atoms with Crippen LogP contribution in [0.4, 0.5) is 4.39 Å². The van der Waals surface area contributed by atoms with Crippen LogP contribution in [0.15, 0.2) is 24.3 Å². The van der Waals surface area contributed by atoms with Crippen LogP contribution in [0.5, 0.6) is 0 Å². The minimum atomic E-state index is -0.126. The largest absolute Gasteiger partial charge is 0.329 e. The molecule has 2 fully saturated rings. The fraction of sp³-hybridized carbons (Fsp3) is 0.667. The molecule has 3 rings (SSSR count). The molecule has 3 heteroatoms. The standard InChI is InChI=1S/C18H27FN2/c1-17(2)8-13-9-18(3,11-17)12-21(13)16(10-20)14-6-4-5-7-15(14)19/h4-7,13,16H,8-12,20H2,1-3H3. The number of nitrogens with zero attached hydrogens (tertiary/aromatic N) is 1. The van der Waals surface area contributed by atoms with E-state index in [4.69, 9.17) is 5.73 Å². The van der Waals surface area contributed by atoms with Crippen molar-refractivity contribution < 1.29 is 4.39 Å². The lowest BCUT2D eigenvalue weighted by atomic mass is 9.65. The van der Waals surface area contributed by atoms with E-state index < -0.39 is 0 Å². The second-order valence-corrected chi connectivity index (χ2v) is 8.16. The average Bonchev–Trinajstić information content (AvgIpc) is 2.62. The predicted molar refractivity (Wildman–Crippen MR) is 84.4 cm³/mol. The molecule has 0 amide bonds. The van der Waals surface area contributed by atoms with Gasteiger partial charge in [0.25, 0.3) is 0 Å². The van der Waals surface area contributed by atoms with Crippen LogP contribution in [0.2, 0.25) is 0 Å². The first-order valence-corrected chi connectivity index (χ1v) is 8.04. The second kappa shape index (κ2) is 5.06. The highest BCUT2D eigenvalue weighted by atomic mass is 19.1. The summed E-state index contributed by atoms with van der Waals surface area (Å²) in [6.07, 6.45) is 3.66. The molecule has 0 aromatic heterocycles. The number of likely N-dealkylation sites (tertiary alicyclic amines) is 1. The minimum absolute atomic E-state index is 0.00641. The summed E-state index contributed by atoms with van der Waals surface area (Å²) in [6, 6.07) is 7.64. The van der Waals surface area contributed by atoms with Crippen molar-refractivity contribution >= 4 is 0 Å². The zero-order valence-electron chi connectivity index (χ0n) is 13.4. The van der Waals surface area contributed by atoms with Gasteiger partial charge in [-0.1, -0.05) is 39.0 Å². The summed E-state index contributed by atoms with van der Waals surface area (Å²) >= 11 is 0. The Morgan fingerprint density at radius 1 is 1.29 bits per heavy atom. The molecular formula is C18H27FN2. The maximum absolute atomic E-state index is 14.2. The third-order valence-corrected chi connectivity index (χ3v) is 5.34. The van der Waals surface area contributed by atoms with Crippen LogP contribution >= 0.6 is 0 Å². The van der Waals surface area contributed by atoms with Crippen molar-refractivity contribution in [2.75, 3.05) is 13.1 Å². The maximum Gasteiger partial charge on any atom is 0.128 e. The van der Waals surface area contributed by atoms with Gasteiger partial charge in [0.2, 0.25) is 0 Å². The summed E-state index contributed by atoms with van der Waals surface area (Å²) in [5, 5.41) is 0. The quantitative estimate of drug-likeness (QED) is 0.919. The van der Waals surface area contributed by atoms with Gasteiger partial charge in [-0.15, -0.1) is 0 Å². The lowest BCUT2D eigenvalue weighted by Crippen LogP contribution is -2.39. The van der Waals surface area contributed by atoms with Crippen molar-refractivity contribution in [3.05, 3.63) is 35.6 Å². The first-order chi connectivity index (χ1) is 9.84. The van der Waals surface area contributed by atoms with Crippen LogP contribution in [0.3, 0.4) is 0 Å². The molecule has 2 aliphatic rings. The topological polar surface area (TPSA) is 29.3 Å². The van der Waals surface area contributed by atoms with Crippen LogP contribution in [-0.4, -0.2) is 24.0 Å². The molecule has 1 aromatic rings. The summed E-state index contributed by atoms with van der Waals surface area (Å²) in [7, 11) is 0. The highest BCUT2D eigenvalue weighted by Crippen LogP contribution is 2.54. The van der Waals surface area contributed by atoms with Crippen molar-refractivity contribution in [1.29, 1.82) is 0 Å². The van der Waals surface area contributed by atoms with E-state index in [1.165, 1.54) is 19.3 Å². The first-order valence-electron chi connectivity index (χ1n) is 8.04. The fourth-order valence-electron chi connectivity index (χ4n) is 5.05. The Kier molecular flexibility index (Phi) is 3.61. The number of hydrogen-bond acceptors (Lipinski definition) is 2. The molecule has 116 valence electrons. The lowest BCUT2D eigenvalue weighted by molar-refractivity contribution is 0.117. The highest BCUT2D eigenvalue weighted by molar-refractivity contribution is 5.23. The molecule has 1 heterocycles. The number of hydrogen-bond donors (Lipinski definition) is 1. The summed E-state index contributed by atoms with van der Waals surface area (Å²) in [6.45, 7) is 8.63. The Hall–Kier alpha value is -0.930. The Labute approximate surface area is 127 Å². The van der Waals surface area contributed by atoms with Gasteiger partial charge in [-0.25, -0.2) is 4.39 Å². The lowest BCUT2D eigenvalue weighted by Gasteiger charge is -2.40. The van der Waals surface area contributed by atoms with Crippen LogP contribution in [-0.2, 0) is 0 Å². The van der Waals surface area contributed by atoms with Crippen LogP contribution < -0.4 is 5.73 Å². The van der Waals surface area contributed by atoms with E-state index in [1.54, 1.807) is 12.1 Å². The zero-order chi connectivity index (χ0) is 15.3. The maximum atomic E-state index is 14.2. The summed E-state index contributed by atoms with van der Waals surface area (Å²) < 4.78 is 14.2. The van der Waals surface area contributed by atoms with Crippen LogP contribution in [0.25, 0.3) is 0 Å². The first kappa shape index (κ1) is 15.0. The van der Waals surface area contributed by atoms with Gasteiger partial charge in [0.05, 0.1) is 6.04 Å². The number of nitrogens with two attached hydrogens (primary N) is 1. The molecule has 1 aliphatic carbocycles. The van der Waals surface area contributed by atoms with E-state index in [9.17, 15) is 4.39 Å². The number of halogens is 1. The molecule has 1 aromatic carbocycles. The van der Waals surface area contributed by atoms with E-state index in [1.807, 2.05) is 12.1 Å². The minimum Gasteiger partial charge on any atom is -0.329 e. The smallest absolute Gasteiger partial charge is 0.128 e. The Morgan fingerprint density at radius 3 is 2.67 bits per heavy atom. The van der Waals surface area contributed by atoms with Gasteiger partial charge in [-0.05, 0) is 36.2 Å². The number of fused-ring (bicyclic) bond motifs is 2. The summed E-state index contributed by atoms with van der Waals surface area (Å²) in [4.78, 5) is 2.48. The fourth-order valence-corrected chi connectivity index (χ4v) is 5.05. The molecular weight excluding hydrogens is 263 g/mol. The van der Waals surface area contributed by atoms with Crippen molar-refractivity contribution in [1.82, 2.24) is 4.90 Å². The molecule has 1 saturated carbocycles. The van der Waals surface area contributed by atoms with E-state index in [0.29, 0.717) is 23.4 Å². The Balaban J connectivity index is 1.91. The number of rotatable bonds is 3. The summed E-state index contributed by atoms with van der Waals surface area (Å²) in [5.41, 5.74) is 7.53. The average molecular weight is 290 g/mol. The monoisotopic (exact) mass is 290 g/mol. The van der Waals surface area contributed by atoms with E-state index in [2.05, 4.69) is 25.7 Å². The molecule has 3 unspecified atom stereocenters. The molecule has 2 bridgehead atoms.